The van der Waals surface area contributed by atoms with Gasteiger partial charge in [0.1, 0.15) is 16.5 Å². The first-order chi connectivity index (χ1) is 14.0. The summed E-state index contributed by atoms with van der Waals surface area (Å²) in [7, 11) is 0. The van der Waals surface area contributed by atoms with Gasteiger partial charge < -0.3 is 15.1 Å². The van der Waals surface area contributed by atoms with Crippen LogP contribution < -0.4 is 15.1 Å². The van der Waals surface area contributed by atoms with Gasteiger partial charge in [-0.25, -0.2) is 9.97 Å². The minimum Gasteiger partial charge on any atom is -0.371 e. The predicted molar refractivity (Wildman–Crippen MR) is 124 cm³/mol. The average molecular weight is 416 g/mol. The van der Waals surface area contributed by atoms with Gasteiger partial charge in [0, 0.05) is 38.3 Å². The van der Waals surface area contributed by atoms with Crippen LogP contribution in [0, 0.1) is 6.92 Å². The molecule has 1 N–H and O–H groups in total. The van der Waals surface area contributed by atoms with E-state index in [0.717, 1.165) is 48.3 Å². The Balaban J connectivity index is 2.17. The molecule has 0 radical (unpaired) electrons. The molecule has 29 heavy (non-hydrogen) atoms. The molecular formula is C22H33N5OS. The molecule has 2 aromatic rings. The maximum absolute atomic E-state index is 12.8. The Morgan fingerprint density at radius 3 is 2.31 bits per heavy atom. The summed E-state index contributed by atoms with van der Waals surface area (Å²) < 4.78 is 0. The van der Waals surface area contributed by atoms with Gasteiger partial charge in [0.05, 0.1) is 0 Å². The SMILES string of the molecule is CCCN(CCC(=O)Nc1c(SC)nc(C)nc1N(CC)CC)c1ccccc1. The van der Waals surface area contributed by atoms with Crippen molar-refractivity contribution >= 4 is 34.9 Å². The molecule has 1 heterocycles. The summed E-state index contributed by atoms with van der Waals surface area (Å²) in [5.41, 5.74) is 1.87. The number of carbonyl (C=O) groups excluding carboxylic acids is 1. The van der Waals surface area contributed by atoms with E-state index < -0.39 is 0 Å². The average Bonchev–Trinajstić information content (AvgIpc) is 2.74. The highest BCUT2D eigenvalue weighted by atomic mass is 32.2. The van der Waals surface area contributed by atoms with E-state index in [1.165, 1.54) is 11.8 Å². The van der Waals surface area contributed by atoms with Crippen LogP contribution in [-0.4, -0.2) is 48.3 Å². The van der Waals surface area contributed by atoms with Gasteiger partial charge in [-0.2, -0.15) is 0 Å². The topological polar surface area (TPSA) is 61.4 Å². The Hall–Kier alpha value is -2.28. The highest BCUT2D eigenvalue weighted by Gasteiger charge is 2.19. The van der Waals surface area contributed by atoms with Crippen molar-refractivity contribution in [3.05, 3.63) is 36.2 Å². The number of benzene rings is 1. The zero-order valence-corrected chi connectivity index (χ0v) is 19.1. The summed E-state index contributed by atoms with van der Waals surface area (Å²) in [5, 5.41) is 3.91. The molecule has 0 saturated carbocycles. The van der Waals surface area contributed by atoms with E-state index in [-0.39, 0.29) is 5.91 Å². The zero-order chi connectivity index (χ0) is 21.2. The summed E-state index contributed by atoms with van der Waals surface area (Å²) in [6, 6.07) is 10.2. The number of carbonyl (C=O) groups is 1. The third-order valence-corrected chi connectivity index (χ3v) is 5.40. The van der Waals surface area contributed by atoms with E-state index in [0.29, 0.717) is 18.8 Å². The standard InChI is InChI=1S/C22H33N5OS/c1-6-15-27(18-12-10-9-11-13-18)16-14-19(28)25-20-21(26(7-2)8-3)23-17(4)24-22(20)29-5/h9-13H,6-8,14-16H2,1-5H3,(H,25,28). The van der Waals surface area contributed by atoms with Crippen LogP contribution in [0.1, 0.15) is 39.4 Å². The van der Waals surface area contributed by atoms with E-state index in [1.807, 2.05) is 31.4 Å². The van der Waals surface area contributed by atoms with E-state index in [1.54, 1.807) is 0 Å². The van der Waals surface area contributed by atoms with Crippen LogP contribution in [0.3, 0.4) is 0 Å². The van der Waals surface area contributed by atoms with Crippen LogP contribution in [0.2, 0.25) is 0 Å². The number of aryl methyl sites for hydroxylation is 1. The second-order valence-corrected chi connectivity index (χ2v) is 7.57. The molecule has 0 aliphatic carbocycles. The van der Waals surface area contributed by atoms with E-state index in [4.69, 9.17) is 0 Å². The quantitative estimate of drug-likeness (QED) is 0.428. The molecule has 0 fully saturated rings. The van der Waals surface area contributed by atoms with E-state index in [9.17, 15) is 4.79 Å². The number of hydrogen-bond donors (Lipinski definition) is 1. The molecule has 1 amide bonds. The molecule has 6 nitrogen and oxygen atoms in total. The number of rotatable bonds is 11. The number of anilines is 3. The number of para-hydroxylation sites is 1. The number of hydrogen-bond acceptors (Lipinski definition) is 6. The number of aromatic nitrogens is 2. The Morgan fingerprint density at radius 1 is 1.03 bits per heavy atom. The number of amides is 1. The molecule has 0 aliphatic heterocycles. The third kappa shape index (κ3) is 6.35. The van der Waals surface area contributed by atoms with Gasteiger partial charge in [0.15, 0.2) is 5.82 Å². The lowest BCUT2D eigenvalue weighted by molar-refractivity contribution is -0.116. The first-order valence-electron chi connectivity index (χ1n) is 10.3. The Morgan fingerprint density at radius 2 is 1.72 bits per heavy atom. The number of nitrogens with one attached hydrogen (secondary N) is 1. The van der Waals surface area contributed by atoms with Crippen LogP contribution in [0.5, 0.6) is 0 Å². The molecule has 158 valence electrons. The van der Waals surface area contributed by atoms with Crippen LogP contribution in [-0.2, 0) is 4.79 Å². The van der Waals surface area contributed by atoms with Gasteiger partial charge in [0.25, 0.3) is 0 Å². The normalized spacial score (nSPS) is 10.7. The van der Waals surface area contributed by atoms with Crippen LogP contribution in [0.15, 0.2) is 35.4 Å². The maximum Gasteiger partial charge on any atom is 0.226 e. The first kappa shape index (κ1) is 23.0. The van der Waals surface area contributed by atoms with Crippen molar-refractivity contribution in [2.75, 3.05) is 47.6 Å². The van der Waals surface area contributed by atoms with Gasteiger partial charge in [-0.3, -0.25) is 4.79 Å². The molecular weight excluding hydrogens is 382 g/mol. The number of thioether (sulfide) groups is 1. The fraction of sp³-hybridized carbons (Fsp3) is 0.500. The van der Waals surface area contributed by atoms with Crippen LogP contribution in [0.25, 0.3) is 0 Å². The Kier molecular flexibility index (Phi) is 9.25. The van der Waals surface area contributed by atoms with Gasteiger partial charge in [-0.05, 0) is 45.6 Å². The molecule has 7 heteroatoms. The van der Waals surface area contributed by atoms with Crippen LogP contribution in [0.4, 0.5) is 17.2 Å². The minimum atomic E-state index is -0.0156. The predicted octanol–water partition coefficient (Wildman–Crippen LogP) is 4.60. The minimum absolute atomic E-state index is 0.0156. The third-order valence-electron chi connectivity index (χ3n) is 4.71. The lowest BCUT2D eigenvalue weighted by atomic mass is 10.2. The monoisotopic (exact) mass is 415 g/mol. The van der Waals surface area contributed by atoms with Crippen LogP contribution >= 0.6 is 11.8 Å². The summed E-state index contributed by atoms with van der Waals surface area (Å²) in [6.45, 7) is 11.5. The highest BCUT2D eigenvalue weighted by Crippen LogP contribution is 2.32. The molecule has 1 aromatic carbocycles. The molecule has 0 unspecified atom stereocenters. The van der Waals surface area contributed by atoms with Crippen molar-refractivity contribution < 1.29 is 4.79 Å². The largest absolute Gasteiger partial charge is 0.371 e. The molecule has 1 aromatic heterocycles. The van der Waals surface area contributed by atoms with Crippen molar-refractivity contribution in [2.24, 2.45) is 0 Å². The molecule has 0 bridgehead atoms. The van der Waals surface area contributed by atoms with Gasteiger partial charge in [0.2, 0.25) is 5.91 Å². The molecule has 0 spiro atoms. The molecule has 0 atom stereocenters. The first-order valence-corrected chi connectivity index (χ1v) is 11.5. The summed E-state index contributed by atoms with van der Waals surface area (Å²) >= 11 is 1.53. The smallest absolute Gasteiger partial charge is 0.226 e. The zero-order valence-electron chi connectivity index (χ0n) is 18.2. The van der Waals surface area contributed by atoms with Gasteiger partial charge in [-0.1, -0.05) is 25.1 Å². The van der Waals surface area contributed by atoms with Crippen molar-refractivity contribution in [1.29, 1.82) is 0 Å². The lowest BCUT2D eigenvalue weighted by Gasteiger charge is -2.26. The number of nitrogens with zero attached hydrogens (tertiary/aromatic N) is 4. The van der Waals surface area contributed by atoms with E-state index in [2.05, 4.69) is 58.0 Å². The highest BCUT2D eigenvalue weighted by molar-refractivity contribution is 7.98. The molecule has 2 rings (SSSR count). The molecule has 0 aliphatic rings. The summed E-state index contributed by atoms with van der Waals surface area (Å²) in [5.74, 6) is 1.50. The Labute approximate surface area is 179 Å². The van der Waals surface area contributed by atoms with Gasteiger partial charge >= 0.3 is 0 Å². The molecule has 0 saturated heterocycles. The second kappa shape index (κ2) is 11.7. The lowest BCUT2D eigenvalue weighted by Crippen LogP contribution is -2.30. The fourth-order valence-corrected chi connectivity index (χ4v) is 3.83. The second-order valence-electron chi connectivity index (χ2n) is 6.77. The van der Waals surface area contributed by atoms with Crippen molar-refractivity contribution in [3.63, 3.8) is 0 Å². The maximum atomic E-state index is 12.8. The fourth-order valence-electron chi connectivity index (χ4n) is 3.26. The summed E-state index contributed by atoms with van der Waals surface area (Å²) in [6.07, 6.45) is 3.42. The van der Waals surface area contributed by atoms with Crippen molar-refractivity contribution in [2.45, 2.75) is 45.6 Å². The van der Waals surface area contributed by atoms with Crippen molar-refractivity contribution in [1.82, 2.24) is 9.97 Å². The van der Waals surface area contributed by atoms with Crippen molar-refractivity contribution in [3.8, 4) is 0 Å². The Bertz CT molecular complexity index is 780. The van der Waals surface area contributed by atoms with E-state index >= 15 is 0 Å². The summed E-state index contributed by atoms with van der Waals surface area (Å²) in [4.78, 5) is 26.4. The van der Waals surface area contributed by atoms with Gasteiger partial charge in [-0.15, -0.1) is 11.8 Å².